The molecule has 1 heterocycles. The normalized spacial score (nSPS) is 13.7. The molecule has 0 spiro atoms. The van der Waals surface area contributed by atoms with Crippen LogP contribution in [0.5, 0.6) is 0 Å². The Bertz CT molecular complexity index is 554. The minimum atomic E-state index is -3.56. The third-order valence-corrected chi connectivity index (χ3v) is 7.80. The van der Waals surface area contributed by atoms with E-state index in [2.05, 4.69) is 15.9 Å². The van der Waals surface area contributed by atoms with E-state index in [1.165, 1.54) is 10.4 Å². The molecule has 0 amide bonds. The molecule has 0 aromatic carbocycles. The predicted molar refractivity (Wildman–Crippen MR) is 87.4 cm³/mol. The number of thiophene rings is 1. The van der Waals surface area contributed by atoms with E-state index in [1.807, 2.05) is 0 Å². The summed E-state index contributed by atoms with van der Waals surface area (Å²) in [5, 5.41) is 0.391. The van der Waals surface area contributed by atoms with Crippen molar-refractivity contribution in [3.8, 4) is 0 Å². The highest BCUT2D eigenvalue weighted by Crippen LogP contribution is 2.36. The van der Waals surface area contributed by atoms with Crippen molar-refractivity contribution in [1.82, 2.24) is 4.31 Å². The Morgan fingerprint density at radius 1 is 1.68 bits per heavy atom. The zero-order valence-electron chi connectivity index (χ0n) is 10.4. The molecule has 1 unspecified atom stereocenters. The van der Waals surface area contributed by atoms with Crippen LogP contribution in [0.2, 0.25) is 5.02 Å². The number of hydrogen-bond acceptors (Lipinski definition) is 4. The van der Waals surface area contributed by atoms with Gasteiger partial charge in [-0.05, 0) is 22.0 Å². The Hall–Kier alpha value is 0.270. The maximum atomic E-state index is 12.5. The minimum absolute atomic E-state index is 0.177. The molecule has 19 heavy (non-hydrogen) atoms. The van der Waals surface area contributed by atoms with E-state index < -0.39 is 10.0 Å². The zero-order chi connectivity index (χ0) is 14.8. The highest BCUT2D eigenvalue weighted by atomic mass is 79.9. The summed E-state index contributed by atoms with van der Waals surface area (Å²) in [4.78, 5) is 0.305. The Balaban J connectivity index is 3.05. The molecule has 1 aromatic rings. The van der Waals surface area contributed by atoms with E-state index in [0.717, 1.165) is 11.3 Å². The Kier molecular flexibility index (Phi) is 6.22. The number of nitrogens with two attached hydrogens (primary N) is 1. The summed E-state index contributed by atoms with van der Waals surface area (Å²) in [6.07, 6.45) is 0. The SMILES string of the molecule is CCN(CC(C)C(N)=S)S(=O)(=O)c1cc(Cl)c(Br)s1. The minimum Gasteiger partial charge on any atom is -0.393 e. The fourth-order valence-electron chi connectivity index (χ4n) is 1.37. The largest absolute Gasteiger partial charge is 0.393 e. The summed E-state index contributed by atoms with van der Waals surface area (Å²) in [5.74, 6) is -0.177. The summed E-state index contributed by atoms with van der Waals surface area (Å²) in [5.41, 5.74) is 5.53. The second kappa shape index (κ2) is 6.82. The van der Waals surface area contributed by atoms with Crippen LogP contribution in [0, 0.1) is 5.92 Å². The van der Waals surface area contributed by atoms with Gasteiger partial charge in [0.2, 0.25) is 0 Å². The van der Waals surface area contributed by atoms with Crippen LogP contribution >= 0.6 is 51.1 Å². The first-order valence-corrected chi connectivity index (χ1v) is 9.28. The lowest BCUT2D eigenvalue weighted by Crippen LogP contribution is -2.37. The van der Waals surface area contributed by atoms with Crippen LogP contribution in [0.15, 0.2) is 14.1 Å². The average molecular weight is 406 g/mol. The molecule has 0 fully saturated rings. The molecule has 0 aliphatic carbocycles. The first-order chi connectivity index (χ1) is 8.70. The monoisotopic (exact) mass is 404 g/mol. The smallest absolute Gasteiger partial charge is 0.252 e. The second-order valence-electron chi connectivity index (χ2n) is 3.95. The molecule has 0 aliphatic heterocycles. The van der Waals surface area contributed by atoms with Crippen molar-refractivity contribution in [3.05, 3.63) is 14.9 Å². The van der Waals surface area contributed by atoms with Gasteiger partial charge in [-0.15, -0.1) is 11.3 Å². The fourth-order valence-corrected chi connectivity index (χ4v) is 5.54. The van der Waals surface area contributed by atoms with Gasteiger partial charge in [0.05, 0.1) is 13.8 Å². The van der Waals surface area contributed by atoms with E-state index in [1.54, 1.807) is 13.8 Å². The Labute approximate surface area is 136 Å². The van der Waals surface area contributed by atoms with E-state index in [9.17, 15) is 8.42 Å². The summed E-state index contributed by atoms with van der Waals surface area (Å²) in [6.45, 7) is 4.19. The van der Waals surface area contributed by atoms with Gasteiger partial charge in [-0.2, -0.15) is 4.31 Å². The summed E-state index contributed by atoms with van der Waals surface area (Å²) in [6, 6.07) is 1.44. The lowest BCUT2D eigenvalue weighted by atomic mass is 10.2. The molecular formula is C10H14BrClN2O2S3. The summed E-state index contributed by atoms with van der Waals surface area (Å²) >= 11 is 15.1. The van der Waals surface area contributed by atoms with Crippen molar-refractivity contribution in [3.63, 3.8) is 0 Å². The van der Waals surface area contributed by atoms with Gasteiger partial charge >= 0.3 is 0 Å². The topological polar surface area (TPSA) is 63.4 Å². The van der Waals surface area contributed by atoms with E-state index in [-0.39, 0.29) is 16.7 Å². The standard InChI is InChI=1S/C10H14BrClN2O2S3/c1-3-14(5-6(2)10(13)17)19(15,16)8-4-7(12)9(11)18-8/h4,6H,3,5H2,1-2H3,(H2,13,17). The van der Waals surface area contributed by atoms with Gasteiger partial charge in [0.15, 0.2) is 0 Å². The molecule has 0 radical (unpaired) electrons. The van der Waals surface area contributed by atoms with Gasteiger partial charge in [0.25, 0.3) is 10.0 Å². The number of thiocarbonyl (C=S) groups is 1. The van der Waals surface area contributed by atoms with Gasteiger partial charge in [-0.3, -0.25) is 0 Å². The molecule has 0 saturated heterocycles. The average Bonchev–Trinajstić information content (AvgIpc) is 2.66. The van der Waals surface area contributed by atoms with Crippen LogP contribution in [0.1, 0.15) is 13.8 Å². The molecule has 0 aliphatic rings. The quantitative estimate of drug-likeness (QED) is 0.739. The van der Waals surface area contributed by atoms with E-state index in [0.29, 0.717) is 20.3 Å². The summed E-state index contributed by atoms with van der Waals surface area (Å²) < 4.78 is 27.1. The Morgan fingerprint density at radius 3 is 2.63 bits per heavy atom. The number of hydrogen-bond donors (Lipinski definition) is 1. The molecule has 1 atom stereocenters. The highest BCUT2D eigenvalue weighted by Gasteiger charge is 2.27. The first-order valence-electron chi connectivity index (χ1n) is 5.44. The molecule has 2 N–H and O–H groups in total. The number of halogens is 2. The van der Waals surface area contributed by atoms with Gasteiger partial charge < -0.3 is 5.73 Å². The van der Waals surface area contributed by atoms with Crippen LogP contribution in [-0.2, 0) is 10.0 Å². The molecule has 0 saturated carbocycles. The fraction of sp³-hybridized carbons (Fsp3) is 0.500. The summed E-state index contributed by atoms with van der Waals surface area (Å²) in [7, 11) is -3.56. The van der Waals surface area contributed by atoms with Crippen LogP contribution < -0.4 is 5.73 Å². The van der Waals surface area contributed by atoms with E-state index >= 15 is 0 Å². The second-order valence-corrected chi connectivity index (χ2v) is 9.36. The molecule has 108 valence electrons. The van der Waals surface area contributed by atoms with Crippen molar-refractivity contribution < 1.29 is 8.42 Å². The maximum absolute atomic E-state index is 12.5. The van der Waals surface area contributed by atoms with Crippen molar-refractivity contribution in [2.45, 2.75) is 18.1 Å². The van der Waals surface area contributed by atoms with Gasteiger partial charge in [-0.1, -0.05) is 37.7 Å². The van der Waals surface area contributed by atoms with Crippen LogP contribution in [0.4, 0.5) is 0 Å². The van der Waals surface area contributed by atoms with Crippen molar-refractivity contribution in [1.29, 1.82) is 0 Å². The lowest BCUT2D eigenvalue weighted by Gasteiger charge is -2.22. The molecular weight excluding hydrogens is 392 g/mol. The predicted octanol–water partition coefficient (Wildman–Crippen LogP) is 3.10. The number of sulfonamides is 1. The lowest BCUT2D eigenvalue weighted by molar-refractivity contribution is 0.406. The van der Waals surface area contributed by atoms with Crippen LogP contribution in [-0.4, -0.2) is 30.8 Å². The first kappa shape index (κ1) is 17.3. The number of nitrogens with zero attached hydrogens (tertiary/aromatic N) is 1. The van der Waals surface area contributed by atoms with Crippen molar-refractivity contribution >= 4 is 66.1 Å². The zero-order valence-corrected chi connectivity index (χ0v) is 15.2. The molecule has 4 nitrogen and oxygen atoms in total. The molecule has 1 aromatic heterocycles. The number of rotatable bonds is 6. The van der Waals surface area contributed by atoms with Crippen LogP contribution in [0.3, 0.4) is 0 Å². The Morgan fingerprint density at radius 2 is 2.26 bits per heavy atom. The third kappa shape index (κ3) is 4.12. The molecule has 9 heteroatoms. The van der Waals surface area contributed by atoms with Crippen molar-refractivity contribution in [2.75, 3.05) is 13.1 Å². The van der Waals surface area contributed by atoms with Gasteiger partial charge in [0, 0.05) is 19.0 Å². The van der Waals surface area contributed by atoms with Crippen LogP contribution in [0.25, 0.3) is 0 Å². The van der Waals surface area contributed by atoms with E-state index in [4.69, 9.17) is 29.6 Å². The highest BCUT2D eigenvalue weighted by molar-refractivity contribution is 9.11. The molecule has 0 bridgehead atoms. The van der Waals surface area contributed by atoms with Gasteiger partial charge in [-0.25, -0.2) is 8.42 Å². The molecule has 1 rings (SSSR count). The maximum Gasteiger partial charge on any atom is 0.252 e. The van der Waals surface area contributed by atoms with Gasteiger partial charge in [0.1, 0.15) is 4.21 Å². The third-order valence-electron chi connectivity index (χ3n) is 2.53. The van der Waals surface area contributed by atoms with Crippen molar-refractivity contribution in [2.24, 2.45) is 11.7 Å².